The quantitative estimate of drug-likeness (QED) is 0.559. The van der Waals surface area contributed by atoms with Crippen molar-refractivity contribution >= 4 is 5.91 Å². The Morgan fingerprint density at radius 1 is 1.16 bits per heavy atom. The van der Waals surface area contributed by atoms with E-state index in [-0.39, 0.29) is 18.6 Å². The average Bonchev–Trinajstić information content (AvgIpc) is 3.44. The van der Waals surface area contributed by atoms with E-state index in [2.05, 4.69) is 46.4 Å². The number of nitrogens with one attached hydrogen (secondary N) is 1. The van der Waals surface area contributed by atoms with Crippen LogP contribution in [0.1, 0.15) is 54.9 Å². The van der Waals surface area contributed by atoms with Gasteiger partial charge >= 0.3 is 0 Å². The molecule has 0 saturated carbocycles. The molecule has 4 rings (SSSR count). The van der Waals surface area contributed by atoms with Crippen LogP contribution in [0.2, 0.25) is 0 Å². The third-order valence-corrected chi connectivity index (χ3v) is 5.49. The second-order valence-corrected chi connectivity index (χ2v) is 7.69. The molecule has 2 heterocycles. The lowest BCUT2D eigenvalue weighted by atomic mass is 9.99. The third kappa shape index (κ3) is 4.69. The molecule has 3 N–H and O–H groups in total. The first-order chi connectivity index (χ1) is 15.0. The molecule has 0 unspecified atom stereocenters. The normalized spacial score (nSPS) is 17.5. The van der Waals surface area contributed by atoms with Crippen molar-refractivity contribution in [2.45, 2.75) is 38.0 Å². The van der Waals surface area contributed by atoms with Crippen LogP contribution in [0.3, 0.4) is 0 Å². The standard InChI is InChI=1S/C25H25N3O3/c1-17(30)25-26-14-15-28(25)22(16-29)11-4-18-2-5-19(6-3-18)20-7-9-21(10-8-20)23-12-13-24(31)27-23/h2-3,5-10,14-15,17,22-23,29-30H,12-13,16H2,1H3,(H,27,31)/t17-,22-,23-/m0/s1. The van der Waals surface area contributed by atoms with Crippen molar-refractivity contribution in [1.29, 1.82) is 0 Å². The van der Waals surface area contributed by atoms with Crippen LogP contribution in [0.5, 0.6) is 0 Å². The molecule has 3 atom stereocenters. The van der Waals surface area contributed by atoms with Crippen LogP contribution in [0.25, 0.3) is 11.1 Å². The van der Waals surface area contributed by atoms with Crippen molar-refractivity contribution in [1.82, 2.24) is 14.9 Å². The zero-order valence-electron chi connectivity index (χ0n) is 17.3. The number of aliphatic hydroxyl groups is 2. The van der Waals surface area contributed by atoms with Crippen LogP contribution >= 0.6 is 0 Å². The first kappa shape index (κ1) is 20.9. The van der Waals surface area contributed by atoms with Crippen molar-refractivity contribution in [2.24, 2.45) is 0 Å². The van der Waals surface area contributed by atoms with E-state index in [1.807, 2.05) is 24.3 Å². The molecular formula is C25H25N3O3. The Kier molecular flexibility index (Phi) is 6.17. The number of hydrogen-bond donors (Lipinski definition) is 3. The van der Waals surface area contributed by atoms with Gasteiger partial charge in [-0.05, 0) is 42.2 Å². The van der Waals surface area contributed by atoms with Gasteiger partial charge < -0.3 is 20.1 Å². The predicted octanol–water partition coefficient (Wildman–Crippen LogP) is 3.14. The fourth-order valence-corrected chi connectivity index (χ4v) is 3.80. The number of rotatable bonds is 5. The van der Waals surface area contributed by atoms with Crippen molar-refractivity contribution in [3.05, 3.63) is 77.9 Å². The van der Waals surface area contributed by atoms with Crippen LogP contribution in [0.15, 0.2) is 60.9 Å². The minimum Gasteiger partial charge on any atom is -0.393 e. The maximum absolute atomic E-state index is 11.4. The molecule has 1 aliphatic heterocycles. The highest BCUT2D eigenvalue weighted by Crippen LogP contribution is 2.27. The number of carbonyl (C=O) groups excluding carboxylic acids is 1. The first-order valence-electron chi connectivity index (χ1n) is 10.4. The summed E-state index contributed by atoms with van der Waals surface area (Å²) in [5.41, 5.74) is 4.15. The van der Waals surface area contributed by atoms with Gasteiger partial charge in [0.15, 0.2) is 0 Å². The number of nitrogens with zero attached hydrogens (tertiary/aromatic N) is 2. The van der Waals surface area contributed by atoms with E-state index >= 15 is 0 Å². The Balaban J connectivity index is 1.47. The Labute approximate surface area is 181 Å². The fraction of sp³-hybridized carbons (Fsp3) is 0.280. The second kappa shape index (κ2) is 9.17. The van der Waals surface area contributed by atoms with Crippen molar-refractivity contribution < 1.29 is 15.0 Å². The van der Waals surface area contributed by atoms with E-state index in [1.165, 1.54) is 0 Å². The highest BCUT2D eigenvalue weighted by molar-refractivity contribution is 5.78. The van der Waals surface area contributed by atoms with E-state index in [0.29, 0.717) is 12.2 Å². The number of aliphatic hydroxyl groups excluding tert-OH is 2. The zero-order chi connectivity index (χ0) is 21.8. The topological polar surface area (TPSA) is 87.4 Å². The Morgan fingerprint density at radius 2 is 1.84 bits per heavy atom. The summed E-state index contributed by atoms with van der Waals surface area (Å²) in [5.74, 6) is 6.75. The number of hydrogen-bond acceptors (Lipinski definition) is 4. The molecule has 3 aromatic rings. The smallest absolute Gasteiger partial charge is 0.220 e. The van der Waals surface area contributed by atoms with Crippen LogP contribution in [-0.2, 0) is 4.79 Å². The Hall–Kier alpha value is -3.40. The van der Waals surface area contributed by atoms with Crippen LogP contribution in [0.4, 0.5) is 0 Å². The molecule has 31 heavy (non-hydrogen) atoms. The van der Waals surface area contributed by atoms with Crippen LogP contribution in [0, 0.1) is 11.8 Å². The number of aromatic nitrogens is 2. The van der Waals surface area contributed by atoms with Gasteiger partial charge in [-0.25, -0.2) is 4.98 Å². The number of imidazole rings is 1. The summed E-state index contributed by atoms with van der Waals surface area (Å²) in [5, 5.41) is 22.5. The van der Waals surface area contributed by atoms with Crippen LogP contribution in [-0.4, -0.2) is 32.3 Å². The third-order valence-electron chi connectivity index (χ3n) is 5.49. The second-order valence-electron chi connectivity index (χ2n) is 7.69. The van der Waals surface area contributed by atoms with E-state index in [9.17, 15) is 15.0 Å². The molecule has 0 spiro atoms. The molecule has 1 fully saturated rings. The Morgan fingerprint density at radius 3 is 2.42 bits per heavy atom. The molecule has 0 aliphatic carbocycles. The van der Waals surface area contributed by atoms with Gasteiger partial charge in [0.05, 0.1) is 12.6 Å². The highest BCUT2D eigenvalue weighted by Gasteiger charge is 2.22. The van der Waals surface area contributed by atoms with Gasteiger partial charge in [0.1, 0.15) is 18.0 Å². The molecular weight excluding hydrogens is 390 g/mol. The lowest BCUT2D eigenvalue weighted by molar-refractivity contribution is -0.119. The monoisotopic (exact) mass is 415 g/mol. The summed E-state index contributed by atoms with van der Waals surface area (Å²) in [6.07, 6.45) is 4.00. The molecule has 1 saturated heterocycles. The van der Waals surface area contributed by atoms with Crippen molar-refractivity contribution in [2.75, 3.05) is 6.61 Å². The molecule has 0 bridgehead atoms. The SMILES string of the molecule is C[C@H](O)c1nccn1[C@@H](C#Cc1ccc(-c2ccc([C@@H]3CCC(=O)N3)cc2)cc1)CO. The summed E-state index contributed by atoms with van der Waals surface area (Å²) < 4.78 is 1.69. The number of carbonyl (C=O) groups is 1. The van der Waals surface area contributed by atoms with E-state index in [1.54, 1.807) is 23.9 Å². The summed E-state index contributed by atoms with van der Waals surface area (Å²) in [4.78, 5) is 15.6. The molecule has 6 heteroatoms. The number of benzene rings is 2. The van der Waals surface area contributed by atoms with Crippen molar-refractivity contribution in [3.8, 4) is 23.0 Å². The summed E-state index contributed by atoms with van der Waals surface area (Å²) in [7, 11) is 0. The van der Waals surface area contributed by atoms with E-state index in [4.69, 9.17) is 0 Å². The maximum atomic E-state index is 11.4. The van der Waals surface area contributed by atoms with Gasteiger partial charge in [0, 0.05) is 24.4 Å². The molecule has 1 aliphatic rings. The minimum atomic E-state index is -0.735. The Bertz CT molecular complexity index is 1110. The summed E-state index contributed by atoms with van der Waals surface area (Å²) in [6, 6.07) is 15.8. The van der Waals surface area contributed by atoms with Gasteiger partial charge in [0.25, 0.3) is 0 Å². The van der Waals surface area contributed by atoms with Gasteiger partial charge in [-0.1, -0.05) is 48.2 Å². The molecule has 158 valence electrons. The largest absolute Gasteiger partial charge is 0.393 e. The summed E-state index contributed by atoms with van der Waals surface area (Å²) in [6.45, 7) is 1.46. The first-order valence-corrected chi connectivity index (χ1v) is 10.4. The van der Waals surface area contributed by atoms with Gasteiger partial charge in [-0.15, -0.1) is 0 Å². The molecule has 6 nitrogen and oxygen atoms in total. The highest BCUT2D eigenvalue weighted by atomic mass is 16.3. The van der Waals surface area contributed by atoms with E-state index < -0.39 is 12.1 Å². The fourth-order valence-electron chi connectivity index (χ4n) is 3.80. The predicted molar refractivity (Wildman–Crippen MR) is 118 cm³/mol. The van der Waals surface area contributed by atoms with E-state index in [0.717, 1.165) is 28.7 Å². The average molecular weight is 415 g/mol. The minimum absolute atomic E-state index is 0.114. The zero-order valence-corrected chi connectivity index (χ0v) is 17.3. The summed E-state index contributed by atoms with van der Waals surface area (Å²) >= 11 is 0. The molecule has 1 amide bonds. The van der Waals surface area contributed by atoms with Crippen molar-refractivity contribution in [3.63, 3.8) is 0 Å². The molecule has 1 aromatic heterocycles. The van der Waals surface area contributed by atoms with Crippen LogP contribution < -0.4 is 5.32 Å². The lowest BCUT2D eigenvalue weighted by Crippen LogP contribution is -2.18. The van der Waals surface area contributed by atoms with Gasteiger partial charge in [-0.3, -0.25) is 4.79 Å². The molecule has 0 radical (unpaired) electrons. The molecule has 2 aromatic carbocycles. The van der Waals surface area contributed by atoms with Gasteiger partial charge in [0.2, 0.25) is 5.91 Å². The van der Waals surface area contributed by atoms with Gasteiger partial charge in [-0.2, -0.15) is 0 Å². The maximum Gasteiger partial charge on any atom is 0.220 e. The number of amides is 1. The lowest BCUT2D eigenvalue weighted by Gasteiger charge is -2.14.